The highest BCUT2D eigenvalue weighted by Crippen LogP contribution is 2.20. The monoisotopic (exact) mass is 412 g/mol. The molecule has 0 aliphatic heterocycles. The lowest BCUT2D eigenvalue weighted by Gasteiger charge is -2.29. The van der Waals surface area contributed by atoms with E-state index in [1.54, 1.807) is 0 Å². The molecule has 0 atom stereocenters. The zero-order chi connectivity index (χ0) is 23.0. The molecule has 0 aliphatic rings. The second kappa shape index (κ2) is 8.82. The molecule has 0 aromatic heterocycles. The molecule has 31 heavy (non-hydrogen) atoms. The van der Waals surface area contributed by atoms with E-state index in [0.29, 0.717) is 0 Å². The summed E-state index contributed by atoms with van der Waals surface area (Å²) in [6.45, 7) is 13.6. The minimum absolute atomic E-state index is 0.179. The van der Waals surface area contributed by atoms with Crippen LogP contribution in [0.3, 0.4) is 0 Å². The smallest absolute Gasteiger partial charge is 0.245 e. The van der Waals surface area contributed by atoms with Gasteiger partial charge in [0.25, 0.3) is 0 Å². The Morgan fingerprint density at radius 2 is 0.968 bits per heavy atom. The molecule has 0 heterocycles. The molecular weight excluding hydrogens is 375 g/mol. The summed E-state index contributed by atoms with van der Waals surface area (Å²) >= 11 is 0. The van der Waals surface area contributed by atoms with E-state index in [1.165, 1.54) is 61.1 Å². The maximum absolute atomic E-state index is 2.39. The van der Waals surface area contributed by atoms with Crippen molar-refractivity contribution < 1.29 is 0 Å². The Labute approximate surface area is 190 Å². The highest BCUT2D eigenvalue weighted by molar-refractivity contribution is 6.97. The lowest BCUT2D eigenvalue weighted by molar-refractivity contribution is 1.12. The minimum atomic E-state index is 0.179. The SMILES string of the molecule is Cc1cc(C)c(B(c2cc(N(C)C)ccc2N(C)C)c2c(C)cc(C)cc2C)c(C)c1. The fraction of sp³-hybridized carbons (Fsp3) is 0.357. The summed E-state index contributed by atoms with van der Waals surface area (Å²) in [5.74, 6) is 0. The summed E-state index contributed by atoms with van der Waals surface area (Å²) in [5, 5.41) is 0. The quantitative estimate of drug-likeness (QED) is 0.580. The third-order valence-corrected chi connectivity index (χ3v) is 6.37. The van der Waals surface area contributed by atoms with Crippen LogP contribution >= 0.6 is 0 Å². The highest BCUT2D eigenvalue weighted by atomic mass is 15.1. The van der Waals surface area contributed by atoms with Gasteiger partial charge in [-0.25, -0.2) is 0 Å². The predicted molar refractivity (Wildman–Crippen MR) is 141 cm³/mol. The summed E-state index contributed by atoms with van der Waals surface area (Å²) in [7, 11) is 8.53. The number of hydrogen-bond acceptors (Lipinski definition) is 2. The second-order valence-electron chi connectivity index (χ2n) is 9.59. The molecule has 0 saturated heterocycles. The Balaban J connectivity index is 2.46. The number of anilines is 2. The van der Waals surface area contributed by atoms with E-state index in [4.69, 9.17) is 0 Å². The van der Waals surface area contributed by atoms with Crippen LogP contribution in [0.1, 0.15) is 33.4 Å². The van der Waals surface area contributed by atoms with Gasteiger partial charge >= 0.3 is 0 Å². The summed E-state index contributed by atoms with van der Waals surface area (Å²) in [4.78, 5) is 4.45. The van der Waals surface area contributed by atoms with Crippen molar-refractivity contribution >= 4 is 34.5 Å². The van der Waals surface area contributed by atoms with Crippen LogP contribution in [0, 0.1) is 41.5 Å². The topological polar surface area (TPSA) is 6.48 Å². The Kier molecular flexibility index (Phi) is 6.55. The maximum atomic E-state index is 2.39. The van der Waals surface area contributed by atoms with Crippen molar-refractivity contribution in [3.8, 4) is 0 Å². The summed E-state index contributed by atoms with van der Waals surface area (Å²) < 4.78 is 0. The molecule has 3 aromatic rings. The molecule has 0 aliphatic carbocycles. The first-order valence-electron chi connectivity index (χ1n) is 11.1. The van der Waals surface area contributed by atoms with E-state index >= 15 is 0 Å². The molecule has 0 fully saturated rings. The lowest BCUT2D eigenvalue weighted by atomic mass is 9.33. The van der Waals surface area contributed by atoms with E-state index in [9.17, 15) is 0 Å². The van der Waals surface area contributed by atoms with Gasteiger partial charge in [-0.3, -0.25) is 0 Å². The Morgan fingerprint density at radius 3 is 1.32 bits per heavy atom. The molecule has 0 spiro atoms. The Morgan fingerprint density at radius 1 is 0.548 bits per heavy atom. The Hall–Kier alpha value is -2.68. The van der Waals surface area contributed by atoms with E-state index in [-0.39, 0.29) is 6.71 Å². The first-order chi connectivity index (χ1) is 14.5. The van der Waals surface area contributed by atoms with Crippen molar-refractivity contribution in [3.63, 3.8) is 0 Å². The first kappa shape index (κ1) is 23.0. The van der Waals surface area contributed by atoms with Crippen LogP contribution in [0.4, 0.5) is 11.4 Å². The number of benzene rings is 3. The fourth-order valence-electron chi connectivity index (χ4n) is 5.21. The Bertz CT molecular complexity index is 1010. The minimum Gasteiger partial charge on any atom is -0.378 e. The first-order valence-corrected chi connectivity index (χ1v) is 11.1. The van der Waals surface area contributed by atoms with Crippen LogP contribution in [-0.2, 0) is 0 Å². The van der Waals surface area contributed by atoms with Gasteiger partial charge in [-0.2, -0.15) is 0 Å². The van der Waals surface area contributed by atoms with Crippen LogP contribution in [0.25, 0.3) is 0 Å². The third-order valence-electron chi connectivity index (χ3n) is 6.37. The van der Waals surface area contributed by atoms with E-state index in [2.05, 4.69) is 122 Å². The van der Waals surface area contributed by atoms with Gasteiger partial charge in [-0.05, 0) is 65.2 Å². The van der Waals surface area contributed by atoms with Crippen molar-refractivity contribution in [3.05, 3.63) is 75.8 Å². The normalized spacial score (nSPS) is 10.9. The van der Waals surface area contributed by atoms with Crippen LogP contribution in [0.2, 0.25) is 0 Å². The van der Waals surface area contributed by atoms with Crippen LogP contribution in [-0.4, -0.2) is 34.9 Å². The summed E-state index contributed by atoms with van der Waals surface area (Å²) in [6.07, 6.45) is 0. The van der Waals surface area contributed by atoms with Gasteiger partial charge in [0.1, 0.15) is 0 Å². The average molecular weight is 412 g/mol. The van der Waals surface area contributed by atoms with Crippen molar-refractivity contribution in [2.24, 2.45) is 0 Å². The van der Waals surface area contributed by atoms with E-state index in [0.717, 1.165) is 0 Å². The molecule has 0 bridgehead atoms. The van der Waals surface area contributed by atoms with E-state index in [1.807, 2.05) is 0 Å². The maximum Gasteiger partial charge on any atom is 0.245 e. The number of rotatable bonds is 5. The summed E-state index contributed by atoms with van der Waals surface area (Å²) in [6, 6.07) is 16.2. The van der Waals surface area contributed by atoms with Crippen LogP contribution in [0.15, 0.2) is 42.5 Å². The molecular formula is C28H37BN2. The predicted octanol–water partition coefficient (Wildman–Crippen LogP) is 4.19. The van der Waals surface area contributed by atoms with Crippen LogP contribution < -0.4 is 26.2 Å². The van der Waals surface area contributed by atoms with Crippen molar-refractivity contribution in [2.45, 2.75) is 41.5 Å². The fourth-order valence-corrected chi connectivity index (χ4v) is 5.21. The standard InChI is InChI=1S/C28H37BN2/c1-18-13-20(3)27(21(4)14-18)29(28-22(5)15-19(2)16-23(28)6)25-17-24(30(7)8)11-12-26(25)31(9)10/h11-17H,1-10H3. The second-order valence-corrected chi connectivity index (χ2v) is 9.59. The van der Waals surface area contributed by atoms with Crippen molar-refractivity contribution in [2.75, 3.05) is 38.0 Å². The molecule has 3 aromatic carbocycles. The molecule has 3 rings (SSSR count). The van der Waals surface area contributed by atoms with Gasteiger partial charge < -0.3 is 9.80 Å². The van der Waals surface area contributed by atoms with Gasteiger partial charge in [0, 0.05) is 39.6 Å². The van der Waals surface area contributed by atoms with Gasteiger partial charge in [0.2, 0.25) is 6.71 Å². The molecule has 0 unspecified atom stereocenters. The number of nitrogens with zero attached hydrogens (tertiary/aromatic N) is 2. The molecule has 0 radical (unpaired) electrons. The van der Waals surface area contributed by atoms with Gasteiger partial charge in [0.05, 0.1) is 0 Å². The zero-order valence-electron chi connectivity index (χ0n) is 21.0. The highest BCUT2D eigenvalue weighted by Gasteiger charge is 2.31. The largest absolute Gasteiger partial charge is 0.378 e. The summed E-state index contributed by atoms with van der Waals surface area (Å²) in [5.41, 5.74) is 14.8. The molecule has 0 saturated carbocycles. The molecule has 2 nitrogen and oxygen atoms in total. The zero-order valence-corrected chi connectivity index (χ0v) is 21.0. The lowest BCUT2D eigenvalue weighted by Crippen LogP contribution is -2.57. The van der Waals surface area contributed by atoms with Crippen molar-refractivity contribution in [1.82, 2.24) is 0 Å². The molecule has 0 amide bonds. The third kappa shape index (κ3) is 4.51. The van der Waals surface area contributed by atoms with E-state index < -0.39 is 0 Å². The van der Waals surface area contributed by atoms with Gasteiger partial charge in [-0.15, -0.1) is 0 Å². The van der Waals surface area contributed by atoms with Gasteiger partial charge in [-0.1, -0.05) is 68.6 Å². The molecule has 162 valence electrons. The average Bonchev–Trinajstić information content (AvgIpc) is 2.64. The van der Waals surface area contributed by atoms with Crippen molar-refractivity contribution in [1.29, 1.82) is 0 Å². The number of hydrogen-bond donors (Lipinski definition) is 0. The van der Waals surface area contributed by atoms with Gasteiger partial charge in [0.15, 0.2) is 0 Å². The molecule has 0 N–H and O–H groups in total. The number of aryl methyl sites for hydroxylation is 6. The molecule has 3 heteroatoms. The van der Waals surface area contributed by atoms with Crippen LogP contribution in [0.5, 0.6) is 0 Å².